The number of hydrogen-bond acceptors (Lipinski definition) is 6. The number of thioether (sulfide) groups is 1. The maximum Gasteiger partial charge on any atom is 0.346 e. The highest BCUT2D eigenvalue weighted by Gasteiger charge is 2.44. The molecule has 3 rings (SSSR count). The number of methoxy groups -OCH3 is 1. The number of ether oxygens (including phenoxy) is 1. The van der Waals surface area contributed by atoms with Crippen LogP contribution in [0.3, 0.4) is 0 Å². The summed E-state index contributed by atoms with van der Waals surface area (Å²) in [6.07, 6.45) is 2.09. The molecule has 0 atom stereocenters. The molecule has 0 unspecified atom stereocenters. The van der Waals surface area contributed by atoms with Crippen molar-refractivity contribution in [3.63, 3.8) is 0 Å². The van der Waals surface area contributed by atoms with Gasteiger partial charge in [0.05, 0.1) is 12.9 Å². The van der Waals surface area contributed by atoms with Crippen LogP contribution < -0.4 is 11.0 Å². The van der Waals surface area contributed by atoms with Gasteiger partial charge in [0.15, 0.2) is 0 Å². The molecule has 1 aliphatic carbocycles. The quantitative estimate of drug-likeness (QED) is 0.427. The Kier molecular flexibility index (Phi) is 5.65. The summed E-state index contributed by atoms with van der Waals surface area (Å²) < 4.78 is 4.74. The number of nitrogens with zero attached hydrogens (tertiary/aromatic N) is 1. The third kappa shape index (κ3) is 4.39. The zero-order chi connectivity index (χ0) is 19.4. The summed E-state index contributed by atoms with van der Waals surface area (Å²) in [7, 11) is 1.26. The summed E-state index contributed by atoms with van der Waals surface area (Å²) >= 11 is 1.05. The molecule has 0 aliphatic heterocycles. The Bertz CT molecular complexity index is 907. The van der Waals surface area contributed by atoms with E-state index in [0.717, 1.165) is 24.6 Å². The molecule has 1 aliphatic rings. The minimum Gasteiger partial charge on any atom is -0.465 e. The molecule has 1 fully saturated rings. The van der Waals surface area contributed by atoms with Crippen molar-refractivity contribution in [2.45, 2.75) is 30.2 Å². The first-order valence-corrected chi connectivity index (χ1v) is 9.58. The average molecular weight is 387 g/mol. The molecular formula is C19H21N3O4S. The molecular weight excluding hydrogens is 366 g/mol. The topological polar surface area (TPSA) is 101 Å². The summed E-state index contributed by atoms with van der Waals surface area (Å²) in [6, 6.07) is 10.1. The smallest absolute Gasteiger partial charge is 0.346 e. The van der Waals surface area contributed by atoms with Crippen molar-refractivity contribution < 1.29 is 14.3 Å². The molecule has 1 aromatic heterocycles. The Morgan fingerprint density at radius 2 is 2.00 bits per heavy atom. The van der Waals surface area contributed by atoms with E-state index in [1.165, 1.54) is 12.7 Å². The standard InChI is InChI=1S/C19H21N3O4S/c1-12-15(17(24)26-2)16(22-18(25)21-12)27-10-14(23)20-11-19(8-9-19)13-6-4-3-5-7-13/h3-7H,8-11H2,1-2H3,(H,20,23)(H,21,22,25). The van der Waals surface area contributed by atoms with Gasteiger partial charge in [-0.25, -0.2) is 9.59 Å². The lowest BCUT2D eigenvalue weighted by Crippen LogP contribution is -2.33. The molecule has 1 heterocycles. The largest absolute Gasteiger partial charge is 0.465 e. The van der Waals surface area contributed by atoms with E-state index in [2.05, 4.69) is 27.4 Å². The van der Waals surface area contributed by atoms with Crippen LogP contribution in [-0.2, 0) is 14.9 Å². The van der Waals surface area contributed by atoms with Crippen molar-refractivity contribution in [2.75, 3.05) is 19.4 Å². The van der Waals surface area contributed by atoms with Gasteiger partial charge in [0.2, 0.25) is 5.91 Å². The maximum absolute atomic E-state index is 12.3. The Morgan fingerprint density at radius 1 is 1.30 bits per heavy atom. The molecule has 1 amide bonds. The van der Waals surface area contributed by atoms with Gasteiger partial charge in [-0.15, -0.1) is 0 Å². The van der Waals surface area contributed by atoms with E-state index in [9.17, 15) is 14.4 Å². The zero-order valence-electron chi connectivity index (χ0n) is 15.2. The van der Waals surface area contributed by atoms with Crippen LogP contribution in [0.15, 0.2) is 40.2 Å². The lowest BCUT2D eigenvalue weighted by atomic mass is 9.96. The molecule has 1 aromatic carbocycles. The predicted molar refractivity (Wildman–Crippen MR) is 102 cm³/mol. The Morgan fingerprint density at radius 3 is 2.63 bits per heavy atom. The van der Waals surface area contributed by atoms with Gasteiger partial charge >= 0.3 is 11.7 Å². The number of esters is 1. The number of carbonyl (C=O) groups is 2. The van der Waals surface area contributed by atoms with Crippen LogP contribution >= 0.6 is 11.8 Å². The van der Waals surface area contributed by atoms with Gasteiger partial charge in [-0.2, -0.15) is 4.98 Å². The fourth-order valence-corrected chi connectivity index (χ4v) is 3.87. The van der Waals surface area contributed by atoms with Gasteiger partial charge in [-0.1, -0.05) is 42.1 Å². The van der Waals surface area contributed by atoms with Crippen LogP contribution in [-0.4, -0.2) is 41.3 Å². The van der Waals surface area contributed by atoms with Crippen LogP contribution in [0.4, 0.5) is 0 Å². The highest BCUT2D eigenvalue weighted by molar-refractivity contribution is 8.00. The molecule has 7 nitrogen and oxygen atoms in total. The summed E-state index contributed by atoms with van der Waals surface area (Å²) in [4.78, 5) is 42.1. The van der Waals surface area contributed by atoms with Crippen LogP contribution in [0, 0.1) is 6.92 Å². The average Bonchev–Trinajstić information content (AvgIpc) is 3.45. The van der Waals surface area contributed by atoms with E-state index < -0.39 is 11.7 Å². The lowest BCUT2D eigenvalue weighted by molar-refractivity contribution is -0.118. The fraction of sp³-hybridized carbons (Fsp3) is 0.368. The van der Waals surface area contributed by atoms with E-state index in [0.29, 0.717) is 12.2 Å². The first-order valence-electron chi connectivity index (χ1n) is 8.59. The molecule has 2 aromatic rings. The number of carbonyl (C=O) groups excluding carboxylic acids is 2. The normalized spacial score (nSPS) is 14.4. The maximum atomic E-state index is 12.3. The second-order valence-electron chi connectivity index (χ2n) is 6.55. The molecule has 27 heavy (non-hydrogen) atoms. The third-order valence-corrected chi connectivity index (χ3v) is 5.65. The minimum atomic E-state index is -0.597. The lowest BCUT2D eigenvalue weighted by Gasteiger charge is -2.16. The van der Waals surface area contributed by atoms with Gasteiger partial charge < -0.3 is 15.0 Å². The second kappa shape index (κ2) is 7.96. The van der Waals surface area contributed by atoms with Crippen LogP contribution in [0.25, 0.3) is 0 Å². The van der Waals surface area contributed by atoms with Crippen LogP contribution in [0.2, 0.25) is 0 Å². The van der Waals surface area contributed by atoms with Crippen molar-refractivity contribution >= 4 is 23.6 Å². The molecule has 2 N–H and O–H groups in total. The Hall–Kier alpha value is -2.61. The summed E-state index contributed by atoms with van der Waals surface area (Å²) in [5, 5.41) is 3.15. The number of aromatic amines is 1. The number of nitrogens with one attached hydrogen (secondary N) is 2. The summed E-state index contributed by atoms with van der Waals surface area (Å²) in [5.41, 5.74) is 1.24. The van der Waals surface area contributed by atoms with Gasteiger partial charge in [-0.05, 0) is 25.3 Å². The zero-order valence-corrected chi connectivity index (χ0v) is 16.0. The highest BCUT2D eigenvalue weighted by atomic mass is 32.2. The van der Waals surface area contributed by atoms with Crippen molar-refractivity contribution in [1.82, 2.24) is 15.3 Å². The van der Waals surface area contributed by atoms with Gasteiger partial charge in [-0.3, -0.25) is 4.79 Å². The van der Waals surface area contributed by atoms with E-state index in [1.54, 1.807) is 6.92 Å². The number of aromatic nitrogens is 2. The second-order valence-corrected chi connectivity index (χ2v) is 7.51. The predicted octanol–water partition coefficient (Wildman–Crippen LogP) is 1.81. The van der Waals surface area contributed by atoms with Gasteiger partial charge in [0.25, 0.3) is 0 Å². The van der Waals surface area contributed by atoms with Crippen molar-refractivity contribution in [3.05, 3.63) is 57.6 Å². The third-order valence-electron chi connectivity index (χ3n) is 4.68. The first kappa shape index (κ1) is 19.2. The van der Waals surface area contributed by atoms with Gasteiger partial charge in [0.1, 0.15) is 10.6 Å². The highest BCUT2D eigenvalue weighted by Crippen LogP contribution is 2.47. The van der Waals surface area contributed by atoms with Crippen molar-refractivity contribution in [3.8, 4) is 0 Å². The number of benzene rings is 1. The molecule has 8 heteroatoms. The molecule has 0 bridgehead atoms. The number of H-pyrrole nitrogens is 1. The van der Waals surface area contributed by atoms with E-state index in [-0.39, 0.29) is 27.7 Å². The number of aryl methyl sites for hydroxylation is 1. The summed E-state index contributed by atoms with van der Waals surface area (Å²) in [5.74, 6) is -0.706. The first-order chi connectivity index (χ1) is 12.9. The molecule has 0 saturated heterocycles. The fourth-order valence-electron chi connectivity index (χ4n) is 2.97. The number of hydrogen-bond donors (Lipinski definition) is 2. The molecule has 0 spiro atoms. The van der Waals surface area contributed by atoms with E-state index in [1.807, 2.05) is 18.2 Å². The number of amides is 1. The SMILES string of the molecule is COC(=O)c1c(SCC(=O)NCC2(c3ccccc3)CC2)nc(=O)[nH]c1C. The molecule has 1 saturated carbocycles. The Balaban J connectivity index is 1.62. The monoisotopic (exact) mass is 387 g/mol. The van der Waals surface area contributed by atoms with Crippen molar-refractivity contribution in [2.24, 2.45) is 0 Å². The van der Waals surface area contributed by atoms with Crippen LogP contribution in [0.1, 0.15) is 34.5 Å². The molecule has 142 valence electrons. The van der Waals surface area contributed by atoms with E-state index >= 15 is 0 Å². The van der Waals surface area contributed by atoms with E-state index in [4.69, 9.17) is 4.74 Å². The van der Waals surface area contributed by atoms with Crippen LogP contribution in [0.5, 0.6) is 0 Å². The van der Waals surface area contributed by atoms with Gasteiger partial charge in [0, 0.05) is 17.7 Å². The summed E-state index contributed by atoms with van der Waals surface area (Å²) in [6.45, 7) is 2.16. The minimum absolute atomic E-state index is 0.0253. The molecule has 0 radical (unpaired) electrons. The Labute approximate surface area is 160 Å². The number of rotatable bonds is 7. The van der Waals surface area contributed by atoms with Crippen molar-refractivity contribution in [1.29, 1.82) is 0 Å².